The van der Waals surface area contributed by atoms with Crippen LogP contribution in [0.5, 0.6) is 11.5 Å². The second-order valence-electron chi connectivity index (χ2n) is 11.9. The summed E-state index contributed by atoms with van der Waals surface area (Å²) >= 11 is 37.9. The molecule has 1 saturated heterocycles. The van der Waals surface area contributed by atoms with Crippen molar-refractivity contribution < 1.29 is 38.4 Å². The molecule has 1 aliphatic heterocycles. The minimum Gasteiger partial charge on any atom is -0.462 e. The lowest BCUT2D eigenvalue weighted by Crippen LogP contribution is -2.27. The van der Waals surface area contributed by atoms with Crippen molar-refractivity contribution in [3.63, 3.8) is 0 Å². The first-order valence-corrected chi connectivity index (χ1v) is 17.7. The maximum absolute atomic E-state index is 13.1. The van der Waals surface area contributed by atoms with Crippen LogP contribution >= 0.6 is 69.6 Å². The molecule has 0 aliphatic carbocycles. The zero-order valence-electron chi connectivity index (χ0n) is 27.0. The van der Waals surface area contributed by atoms with E-state index >= 15 is 0 Å². The molecule has 47 heavy (non-hydrogen) atoms. The monoisotopic (exact) mass is 774 g/mol. The predicted octanol–water partition coefficient (Wildman–Crippen LogP) is 10.6. The van der Waals surface area contributed by atoms with E-state index < -0.39 is 30.6 Å². The van der Waals surface area contributed by atoms with Crippen LogP contribution < -0.4 is 9.47 Å². The Labute approximate surface area is 306 Å². The maximum Gasteiger partial charge on any atom is 0.343 e. The number of halogens is 6. The van der Waals surface area contributed by atoms with Crippen LogP contribution in [0.15, 0.2) is 12.1 Å². The molecule has 3 rings (SSSR count). The fraction of sp³-hybridized carbons (Fsp3) is 0.576. The van der Waals surface area contributed by atoms with Gasteiger partial charge in [0.15, 0.2) is 17.6 Å². The van der Waals surface area contributed by atoms with Crippen LogP contribution in [0.4, 0.5) is 0 Å². The van der Waals surface area contributed by atoms with E-state index in [-0.39, 0.29) is 66.0 Å². The van der Waals surface area contributed by atoms with E-state index in [1.165, 1.54) is 12.1 Å². The Morgan fingerprint density at radius 2 is 1.15 bits per heavy atom. The maximum atomic E-state index is 13.1. The van der Waals surface area contributed by atoms with Gasteiger partial charge in [-0.15, -0.1) is 0 Å². The molecule has 0 aromatic heterocycles. The summed E-state index contributed by atoms with van der Waals surface area (Å²) in [5.74, 6) is -0.472. The Kier molecular flexibility index (Phi) is 15.4. The first-order chi connectivity index (χ1) is 22.1. The van der Waals surface area contributed by atoms with E-state index in [9.17, 15) is 14.7 Å². The molecule has 7 atom stereocenters. The van der Waals surface area contributed by atoms with Gasteiger partial charge in [0.25, 0.3) is 0 Å². The lowest BCUT2D eigenvalue weighted by atomic mass is 9.91. The Morgan fingerprint density at radius 1 is 0.723 bits per heavy atom. The number of aliphatic hydroxyl groups is 1. The van der Waals surface area contributed by atoms with Crippen molar-refractivity contribution >= 4 is 81.5 Å². The van der Waals surface area contributed by atoms with Crippen molar-refractivity contribution in [2.45, 2.75) is 85.9 Å². The van der Waals surface area contributed by atoms with Gasteiger partial charge in [-0.1, -0.05) is 124 Å². The molecule has 1 aliphatic rings. The van der Waals surface area contributed by atoms with Gasteiger partial charge in [0, 0.05) is 0 Å². The molecular weight excluding hydrogens is 737 g/mol. The van der Waals surface area contributed by atoms with Crippen LogP contribution in [0.25, 0.3) is 0 Å². The Morgan fingerprint density at radius 3 is 1.60 bits per heavy atom. The molecule has 1 N–H and O–H groups in total. The number of rotatable bonds is 17. The third kappa shape index (κ3) is 10.3. The van der Waals surface area contributed by atoms with E-state index in [1.807, 2.05) is 0 Å². The molecular formula is C33H40Cl6O8. The highest BCUT2D eigenvalue weighted by molar-refractivity contribution is 6.46. The van der Waals surface area contributed by atoms with Crippen molar-refractivity contribution in [2.75, 3.05) is 13.2 Å². The summed E-state index contributed by atoms with van der Waals surface area (Å²) in [6, 6.07) is 2.58. The third-order valence-electron chi connectivity index (χ3n) is 8.74. The lowest BCUT2D eigenvalue weighted by Gasteiger charge is -2.20. The second kappa shape index (κ2) is 18.0. The summed E-state index contributed by atoms with van der Waals surface area (Å²) in [7, 11) is 0. The average molecular weight is 777 g/mol. The third-order valence-corrected chi connectivity index (χ3v) is 10.9. The molecule has 1 fully saturated rings. The highest BCUT2D eigenvalue weighted by Gasteiger charge is 2.50. The van der Waals surface area contributed by atoms with Crippen molar-refractivity contribution in [3.8, 4) is 11.5 Å². The molecule has 0 radical (unpaired) electrons. The van der Waals surface area contributed by atoms with Gasteiger partial charge < -0.3 is 28.8 Å². The van der Waals surface area contributed by atoms with E-state index in [2.05, 4.69) is 41.5 Å². The highest BCUT2D eigenvalue weighted by atomic mass is 35.5. The normalized spacial score (nSPS) is 18.9. The summed E-state index contributed by atoms with van der Waals surface area (Å²) in [6.45, 7) is 12.9. The SMILES string of the molecule is CCC(C)C(C)CCOC(=O)c1c(Cl)c(Cl)cc(Cl)c1OC(O)C1OC1Oc1c(Cl)cc(Cl)c(Cl)c1C(=O)OCCC(C)C(C)CC. The number of ether oxygens (including phenoxy) is 5. The molecule has 262 valence electrons. The van der Waals surface area contributed by atoms with E-state index in [0.29, 0.717) is 36.5 Å². The molecule has 14 heteroatoms. The molecule has 0 amide bonds. The number of carbonyl (C=O) groups is 2. The van der Waals surface area contributed by atoms with Crippen molar-refractivity contribution in [1.82, 2.24) is 0 Å². The minimum absolute atomic E-state index is 0.00896. The number of carbonyl (C=O) groups excluding carboxylic acids is 2. The van der Waals surface area contributed by atoms with Crippen LogP contribution in [-0.4, -0.2) is 48.9 Å². The molecule has 1 heterocycles. The average Bonchev–Trinajstić information content (AvgIpc) is 3.80. The largest absolute Gasteiger partial charge is 0.462 e. The number of epoxide rings is 1. The zero-order chi connectivity index (χ0) is 35.2. The Balaban J connectivity index is 1.74. The smallest absolute Gasteiger partial charge is 0.343 e. The van der Waals surface area contributed by atoms with Crippen LogP contribution in [0.1, 0.15) is 87.9 Å². The lowest BCUT2D eigenvalue weighted by molar-refractivity contribution is -0.0379. The molecule has 2 aromatic rings. The number of benzene rings is 2. The minimum atomic E-state index is -1.72. The molecule has 8 nitrogen and oxygen atoms in total. The summed E-state index contributed by atoms with van der Waals surface area (Å²) in [4.78, 5) is 26.2. The first kappa shape index (κ1) is 40.1. The van der Waals surface area contributed by atoms with Gasteiger partial charge in [-0.25, -0.2) is 9.59 Å². The van der Waals surface area contributed by atoms with Gasteiger partial charge in [0.1, 0.15) is 11.1 Å². The van der Waals surface area contributed by atoms with E-state index in [4.69, 9.17) is 93.3 Å². The number of hydrogen-bond acceptors (Lipinski definition) is 8. The van der Waals surface area contributed by atoms with Crippen molar-refractivity contribution in [1.29, 1.82) is 0 Å². The Hall–Kier alpha value is -1.36. The van der Waals surface area contributed by atoms with Crippen LogP contribution in [0.3, 0.4) is 0 Å². The fourth-order valence-electron chi connectivity index (χ4n) is 4.66. The molecule has 2 aromatic carbocycles. The molecule has 7 unspecified atom stereocenters. The first-order valence-electron chi connectivity index (χ1n) is 15.5. The van der Waals surface area contributed by atoms with Gasteiger partial charge in [-0.3, -0.25) is 0 Å². The standard InChI is InChI=1S/C33H40Cl6O8/c1-7-15(3)17(5)9-11-43-30(40)23-25(38)19(34)13-21(36)27(23)45-32(42)29-33(47-29)46-28-22(37)14-20(35)26(39)24(28)31(41)44-12-10-18(6)16(4)8-2/h13-18,29,32-33,42H,7-12H2,1-6H3. The number of esters is 2. The fourth-order valence-corrected chi connectivity index (χ4v) is 6.11. The van der Waals surface area contributed by atoms with Gasteiger partial charge in [0.2, 0.25) is 12.6 Å². The number of hydrogen-bond donors (Lipinski definition) is 1. The zero-order valence-corrected chi connectivity index (χ0v) is 31.5. The van der Waals surface area contributed by atoms with Gasteiger partial charge >= 0.3 is 11.9 Å². The Bertz CT molecular complexity index is 1420. The topological polar surface area (TPSA) is 104 Å². The second-order valence-corrected chi connectivity index (χ2v) is 14.3. The molecule has 0 saturated carbocycles. The van der Waals surface area contributed by atoms with Crippen molar-refractivity contribution in [3.05, 3.63) is 53.4 Å². The summed E-state index contributed by atoms with van der Waals surface area (Å²) < 4.78 is 28.0. The van der Waals surface area contributed by atoms with Crippen LogP contribution in [-0.2, 0) is 14.2 Å². The van der Waals surface area contributed by atoms with Gasteiger partial charge in [-0.05, 0) is 48.6 Å². The van der Waals surface area contributed by atoms with Gasteiger partial charge in [-0.2, -0.15) is 0 Å². The van der Waals surface area contributed by atoms with E-state index in [0.717, 1.165) is 12.8 Å². The molecule has 0 spiro atoms. The quantitative estimate of drug-likeness (QED) is 0.0733. The van der Waals surface area contributed by atoms with E-state index in [1.54, 1.807) is 0 Å². The van der Waals surface area contributed by atoms with Crippen LogP contribution in [0.2, 0.25) is 30.1 Å². The summed E-state index contributed by atoms with van der Waals surface area (Å²) in [5, 5.41) is 10.5. The molecule has 0 bridgehead atoms. The van der Waals surface area contributed by atoms with Gasteiger partial charge in [0.05, 0.1) is 43.3 Å². The number of aliphatic hydroxyl groups excluding tert-OH is 1. The summed E-state index contributed by atoms with van der Waals surface area (Å²) in [5.41, 5.74) is -0.442. The highest BCUT2D eigenvalue weighted by Crippen LogP contribution is 2.44. The van der Waals surface area contributed by atoms with Crippen LogP contribution in [0, 0.1) is 23.7 Å². The summed E-state index contributed by atoms with van der Waals surface area (Å²) in [6.07, 6.45) is -0.696. The van der Waals surface area contributed by atoms with Crippen molar-refractivity contribution in [2.24, 2.45) is 23.7 Å². The predicted molar refractivity (Wildman–Crippen MR) is 186 cm³/mol.